The van der Waals surface area contributed by atoms with Crippen LogP contribution in [0.25, 0.3) is 10.9 Å². The molecule has 2 aromatic carbocycles. The maximum Gasteiger partial charge on any atom is 0.243 e. The van der Waals surface area contributed by atoms with Gasteiger partial charge in [0.15, 0.2) is 0 Å². The first kappa shape index (κ1) is 17.8. The van der Waals surface area contributed by atoms with Gasteiger partial charge in [-0.25, -0.2) is 0 Å². The summed E-state index contributed by atoms with van der Waals surface area (Å²) in [6.07, 6.45) is 2.52. The van der Waals surface area contributed by atoms with Crippen LogP contribution in [0.3, 0.4) is 0 Å². The Balaban J connectivity index is 1.57. The summed E-state index contributed by atoms with van der Waals surface area (Å²) in [4.78, 5) is 27.6. The number of aromatic nitrogens is 1. The van der Waals surface area contributed by atoms with Gasteiger partial charge < -0.3 is 16.5 Å². The average Bonchev–Trinajstić information content (AvgIpc) is 3.05. The molecule has 0 unspecified atom stereocenters. The molecule has 3 aromatic rings. The first-order valence-corrected chi connectivity index (χ1v) is 8.49. The molecule has 6 N–H and O–H groups in total. The fourth-order valence-electron chi connectivity index (χ4n) is 2.90. The first-order valence-electron chi connectivity index (χ1n) is 8.49. The number of hydrogen-bond acceptors (Lipinski definition) is 4. The molecule has 6 heteroatoms. The Labute approximate surface area is 151 Å². The van der Waals surface area contributed by atoms with Crippen molar-refractivity contribution in [3.05, 3.63) is 71.9 Å². The maximum absolute atomic E-state index is 12.2. The lowest BCUT2D eigenvalue weighted by Gasteiger charge is -2.14. The highest BCUT2D eigenvalue weighted by Crippen LogP contribution is 2.18. The summed E-state index contributed by atoms with van der Waals surface area (Å²) in [6.45, 7) is 0. The number of carbonyl (C=O) groups excluding carboxylic acids is 2. The van der Waals surface area contributed by atoms with E-state index in [9.17, 15) is 9.59 Å². The summed E-state index contributed by atoms with van der Waals surface area (Å²) in [5, 5.41) is 3.34. The smallest absolute Gasteiger partial charge is 0.243 e. The van der Waals surface area contributed by atoms with Crippen molar-refractivity contribution in [2.75, 3.05) is 0 Å². The molecule has 0 radical (unpaired) electrons. The summed E-state index contributed by atoms with van der Waals surface area (Å²) in [5.74, 6) is -1.04. The molecule has 0 bridgehead atoms. The van der Waals surface area contributed by atoms with Gasteiger partial charge in [0.2, 0.25) is 11.8 Å². The second-order valence-electron chi connectivity index (χ2n) is 6.32. The largest absolute Gasteiger partial charge is 0.361 e. The highest BCUT2D eigenvalue weighted by atomic mass is 16.2. The lowest BCUT2D eigenvalue weighted by molar-refractivity contribution is -0.131. The average molecular weight is 350 g/mol. The highest BCUT2D eigenvalue weighted by molar-refractivity contribution is 6.00. The van der Waals surface area contributed by atoms with Gasteiger partial charge in [0.1, 0.15) is 0 Å². The molecule has 2 amide bonds. The molecule has 26 heavy (non-hydrogen) atoms. The number of nitrogens with two attached hydrogens (primary N) is 2. The molecule has 6 nitrogen and oxygen atoms in total. The molecule has 3 rings (SSSR count). The maximum atomic E-state index is 12.2. The van der Waals surface area contributed by atoms with Crippen molar-refractivity contribution >= 4 is 22.7 Å². The molecular weight excluding hydrogens is 328 g/mol. The zero-order valence-corrected chi connectivity index (χ0v) is 14.3. The predicted molar refractivity (Wildman–Crippen MR) is 101 cm³/mol. The second-order valence-corrected chi connectivity index (χ2v) is 6.32. The van der Waals surface area contributed by atoms with E-state index < -0.39 is 23.9 Å². The molecule has 0 fully saturated rings. The number of H-pyrrole nitrogens is 1. The van der Waals surface area contributed by atoms with Crippen LogP contribution in [0.5, 0.6) is 0 Å². The fraction of sp³-hybridized carbons (Fsp3) is 0.200. The minimum atomic E-state index is -0.831. The first-order chi connectivity index (χ1) is 12.5. The number of amides is 2. The molecule has 0 aliphatic rings. The molecule has 1 aromatic heterocycles. The minimum Gasteiger partial charge on any atom is -0.361 e. The molecule has 0 aliphatic carbocycles. The van der Waals surface area contributed by atoms with Crippen molar-refractivity contribution in [2.45, 2.75) is 24.9 Å². The normalized spacial score (nSPS) is 13.3. The van der Waals surface area contributed by atoms with Crippen molar-refractivity contribution < 1.29 is 9.59 Å². The third kappa shape index (κ3) is 4.17. The van der Waals surface area contributed by atoms with Crippen LogP contribution in [-0.4, -0.2) is 28.9 Å². The van der Waals surface area contributed by atoms with Gasteiger partial charge in [0, 0.05) is 17.1 Å². The number of benzene rings is 2. The Morgan fingerprint density at radius 1 is 0.885 bits per heavy atom. The summed E-state index contributed by atoms with van der Waals surface area (Å²) in [6, 6.07) is 15.6. The Kier molecular flexibility index (Phi) is 5.46. The van der Waals surface area contributed by atoms with E-state index in [4.69, 9.17) is 11.5 Å². The number of rotatable bonds is 6. The lowest BCUT2D eigenvalue weighted by Crippen LogP contribution is -2.50. The van der Waals surface area contributed by atoms with Gasteiger partial charge in [-0.2, -0.15) is 0 Å². The number of aromatic amines is 1. The van der Waals surface area contributed by atoms with Crippen LogP contribution in [-0.2, 0) is 22.4 Å². The molecule has 0 saturated carbocycles. The third-order valence-corrected chi connectivity index (χ3v) is 4.33. The van der Waals surface area contributed by atoms with Gasteiger partial charge in [-0.15, -0.1) is 0 Å². The van der Waals surface area contributed by atoms with Gasteiger partial charge in [0.05, 0.1) is 12.1 Å². The highest BCUT2D eigenvalue weighted by Gasteiger charge is 2.21. The van der Waals surface area contributed by atoms with Gasteiger partial charge in [-0.3, -0.25) is 14.9 Å². The van der Waals surface area contributed by atoms with Crippen LogP contribution in [0.4, 0.5) is 0 Å². The predicted octanol–water partition coefficient (Wildman–Crippen LogP) is 1.25. The molecule has 2 atom stereocenters. The fourth-order valence-corrected chi connectivity index (χ4v) is 2.90. The number of hydrogen-bond donors (Lipinski definition) is 4. The van der Waals surface area contributed by atoms with E-state index in [1.807, 2.05) is 60.8 Å². The number of carbonyl (C=O) groups is 2. The van der Waals surface area contributed by atoms with Crippen molar-refractivity contribution in [2.24, 2.45) is 11.5 Å². The van der Waals surface area contributed by atoms with Crippen LogP contribution in [0.1, 0.15) is 11.1 Å². The van der Waals surface area contributed by atoms with E-state index >= 15 is 0 Å². The van der Waals surface area contributed by atoms with Crippen LogP contribution in [0.15, 0.2) is 60.8 Å². The molecular formula is C20H22N4O2. The van der Waals surface area contributed by atoms with Gasteiger partial charge in [-0.05, 0) is 30.0 Å². The van der Waals surface area contributed by atoms with Crippen molar-refractivity contribution in [3.63, 3.8) is 0 Å². The number of fused-ring (bicyclic) bond motifs is 1. The quantitative estimate of drug-likeness (QED) is 0.536. The zero-order chi connectivity index (χ0) is 18.5. The Morgan fingerprint density at radius 3 is 2.23 bits per heavy atom. The van der Waals surface area contributed by atoms with Gasteiger partial charge in [-0.1, -0.05) is 48.5 Å². The molecule has 0 aliphatic heterocycles. The molecule has 134 valence electrons. The Bertz CT molecular complexity index is 904. The second kappa shape index (κ2) is 7.95. The van der Waals surface area contributed by atoms with Crippen molar-refractivity contribution in [1.82, 2.24) is 10.3 Å². The van der Waals surface area contributed by atoms with Crippen LogP contribution >= 0.6 is 0 Å². The number of nitrogens with one attached hydrogen (secondary N) is 2. The van der Waals surface area contributed by atoms with E-state index in [-0.39, 0.29) is 0 Å². The SMILES string of the molecule is N[C@@H](Cc1ccccc1)C(=O)NC(=O)[C@@H](N)Cc1c[nH]c2ccccc12. The van der Waals surface area contributed by atoms with Crippen LogP contribution in [0, 0.1) is 0 Å². The number of imide groups is 1. The standard InChI is InChI=1S/C20H22N4O2/c21-16(10-13-6-2-1-3-7-13)19(25)24-20(26)17(22)11-14-12-23-18-9-5-4-8-15(14)18/h1-9,12,16-17,23H,10-11,21-22H2,(H,24,25,26)/t16-,17-/m0/s1. The summed E-state index contributed by atoms with van der Waals surface area (Å²) >= 11 is 0. The van der Waals surface area contributed by atoms with Gasteiger partial charge in [0.25, 0.3) is 0 Å². The molecule has 0 saturated heterocycles. The van der Waals surface area contributed by atoms with Crippen molar-refractivity contribution in [1.29, 1.82) is 0 Å². The molecule has 0 spiro atoms. The van der Waals surface area contributed by atoms with E-state index in [0.29, 0.717) is 12.8 Å². The zero-order valence-electron chi connectivity index (χ0n) is 14.3. The van der Waals surface area contributed by atoms with E-state index in [1.54, 1.807) is 0 Å². The van der Waals surface area contributed by atoms with E-state index in [0.717, 1.165) is 22.0 Å². The van der Waals surface area contributed by atoms with Crippen LogP contribution in [0.2, 0.25) is 0 Å². The van der Waals surface area contributed by atoms with Crippen LogP contribution < -0.4 is 16.8 Å². The topological polar surface area (TPSA) is 114 Å². The minimum absolute atomic E-state index is 0.330. The Hall–Kier alpha value is -2.96. The summed E-state index contributed by atoms with van der Waals surface area (Å²) in [7, 11) is 0. The van der Waals surface area contributed by atoms with E-state index in [1.165, 1.54) is 0 Å². The third-order valence-electron chi connectivity index (χ3n) is 4.33. The summed E-state index contributed by atoms with van der Waals surface area (Å²) < 4.78 is 0. The molecule has 1 heterocycles. The lowest BCUT2D eigenvalue weighted by atomic mass is 10.0. The Morgan fingerprint density at radius 2 is 1.50 bits per heavy atom. The van der Waals surface area contributed by atoms with E-state index in [2.05, 4.69) is 10.3 Å². The van der Waals surface area contributed by atoms with Crippen molar-refractivity contribution in [3.8, 4) is 0 Å². The van der Waals surface area contributed by atoms with Gasteiger partial charge >= 0.3 is 0 Å². The summed E-state index contributed by atoms with van der Waals surface area (Å²) in [5.41, 5.74) is 14.7. The number of para-hydroxylation sites is 1. The monoisotopic (exact) mass is 350 g/mol.